The highest BCUT2D eigenvalue weighted by Crippen LogP contribution is 2.43. The fourth-order valence-electron chi connectivity index (χ4n) is 6.34. The Kier molecular flexibility index (Phi) is 16.6. The van der Waals surface area contributed by atoms with Gasteiger partial charge < -0.3 is 18.0 Å². The lowest BCUT2D eigenvalue weighted by atomic mass is 9.83. The summed E-state index contributed by atoms with van der Waals surface area (Å²) in [5.41, 5.74) is 0.399. The molecule has 53 heavy (non-hydrogen) atoms. The van der Waals surface area contributed by atoms with Crippen LogP contribution in [0.4, 0.5) is 0 Å². The highest BCUT2D eigenvalue weighted by molar-refractivity contribution is 6.99. The van der Waals surface area contributed by atoms with Gasteiger partial charge in [0.1, 0.15) is 0 Å². The van der Waals surface area contributed by atoms with E-state index in [2.05, 4.69) is 176 Å². The molecule has 0 N–H and O–H groups in total. The molecule has 0 bridgehead atoms. The minimum Gasteiger partial charge on any atom is -0.416 e. The van der Waals surface area contributed by atoms with Crippen molar-refractivity contribution < 1.29 is 22.8 Å². The summed E-state index contributed by atoms with van der Waals surface area (Å²) < 4.78 is 27.5. The van der Waals surface area contributed by atoms with Crippen LogP contribution in [-0.4, -0.2) is 63.3 Å². The van der Waals surface area contributed by atoms with Gasteiger partial charge in [0, 0.05) is 32.2 Å². The topological polar surface area (TPSA) is 54.0 Å². The molecule has 8 heteroatoms. The number of ketones is 1. The number of methoxy groups -OCH3 is 1. The van der Waals surface area contributed by atoms with E-state index in [0.717, 1.165) is 12.0 Å². The van der Waals surface area contributed by atoms with Crippen LogP contribution in [0.15, 0.2) is 72.3 Å². The van der Waals surface area contributed by atoms with Gasteiger partial charge in [0.2, 0.25) is 0 Å². The summed E-state index contributed by atoms with van der Waals surface area (Å²) in [7, 11) is -5.17. The second kappa shape index (κ2) is 18.5. The van der Waals surface area contributed by atoms with E-state index < -0.39 is 25.0 Å². The van der Waals surface area contributed by atoms with Crippen molar-refractivity contribution in [3.63, 3.8) is 0 Å². The SMILES string of the molecule is CC[C@H](/C=C(/C)C(=O)C[C@H](C[C@H](O[Si](C)(C)C(C)(C)C)C(C)(C)CO[Si](c1ccccc1)(c1ccccc1)C(C)(C)C)OC)CO[Si](C)(C)C(C)(C)C. The Labute approximate surface area is 329 Å². The molecular weight excluding hydrogens is 705 g/mol. The Morgan fingerprint density at radius 2 is 1.19 bits per heavy atom. The molecule has 0 radical (unpaired) electrons. The van der Waals surface area contributed by atoms with Gasteiger partial charge >= 0.3 is 0 Å². The molecule has 0 aliphatic carbocycles. The van der Waals surface area contributed by atoms with Crippen LogP contribution in [0.25, 0.3) is 0 Å². The van der Waals surface area contributed by atoms with Crippen LogP contribution < -0.4 is 10.4 Å². The zero-order chi connectivity index (χ0) is 40.7. The molecule has 5 nitrogen and oxygen atoms in total. The minimum atomic E-state index is -2.78. The van der Waals surface area contributed by atoms with Crippen LogP contribution in [-0.2, 0) is 22.8 Å². The molecule has 0 saturated carbocycles. The molecule has 2 aromatic rings. The quantitative estimate of drug-likeness (QED) is 0.105. The molecule has 300 valence electrons. The Bertz CT molecular complexity index is 1410. The monoisotopic (exact) mass is 783 g/mol. The number of benzene rings is 2. The van der Waals surface area contributed by atoms with Gasteiger partial charge in [0.15, 0.2) is 22.4 Å². The molecule has 0 aromatic heterocycles. The lowest BCUT2D eigenvalue weighted by Crippen LogP contribution is -2.67. The van der Waals surface area contributed by atoms with Crippen molar-refractivity contribution in [2.24, 2.45) is 11.3 Å². The maximum absolute atomic E-state index is 13.8. The van der Waals surface area contributed by atoms with E-state index in [1.54, 1.807) is 7.11 Å². The number of carbonyl (C=O) groups is 1. The van der Waals surface area contributed by atoms with E-state index in [0.29, 0.717) is 26.1 Å². The number of Topliss-reactive ketones (excluding diaryl/α,β-unsaturated/α-hetero) is 1. The fraction of sp³-hybridized carbons (Fsp3) is 0.667. The van der Waals surface area contributed by atoms with Crippen LogP contribution in [0.3, 0.4) is 0 Å². The first-order valence-electron chi connectivity index (χ1n) is 20.0. The second-order valence-corrected chi connectivity index (χ2v) is 34.0. The van der Waals surface area contributed by atoms with E-state index >= 15 is 0 Å². The van der Waals surface area contributed by atoms with E-state index in [9.17, 15) is 4.79 Å². The summed E-state index contributed by atoms with van der Waals surface area (Å²) in [4.78, 5) is 13.8. The maximum Gasteiger partial charge on any atom is 0.261 e. The van der Waals surface area contributed by atoms with Crippen molar-refractivity contribution in [3.05, 3.63) is 72.3 Å². The molecule has 0 fully saturated rings. The average Bonchev–Trinajstić information content (AvgIpc) is 3.05. The zero-order valence-electron chi connectivity index (χ0n) is 37.2. The molecule has 0 aliphatic rings. The number of ether oxygens (including phenoxy) is 1. The molecule has 2 aromatic carbocycles. The van der Waals surface area contributed by atoms with Gasteiger partial charge in [-0.25, -0.2) is 0 Å². The van der Waals surface area contributed by atoms with E-state index in [-0.39, 0.29) is 44.4 Å². The number of carbonyl (C=O) groups excluding carboxylic acids is 1. The molecule has 0 heterocycles. The summed E-state index contributed by atoms with van der Waals surface area (Å²) >= 11 is 0. The zero-order valence-corrected chi connectivity index (χ0v) is 40.2. The molecule has 2 rings (SSSR count). The summed E-state index contributed by atoms with van der Waals surface area (Å²) in [6.45, 7) is 39.6. The van der Waals surface area contributed by atoms with Crippen molar-refractivity contribution in [1.29, 1.82) is 0 Å². The first kappa shape index (κ1) is 47.5. The summed E-state index contributed by atoms with van der Waals surface area (Å²) in [6, 6.07) is 21.6. The summed E-state index contributed by atoms with van der Waals surface area (Å²) in [5.74, 6) is 0.316. The molecule has 0 spiro atoms. The van der Waals surface area contributed by atoms with Crippen molar-refractivity contribution in [2.45, 2.75) is 163 Å². The minimum absolute atomic E-state index is 0.0134. The highest BCUT2D eigenvalue weighted by atomic mass is 28.4. The number of hydrogen-bond acceptors (Lipinski definition) is 5. The van der Waals surface area contributed by atoms with Crippen molar-refractivity contribution in [1.82, 2.24) is 0 Å². The van der Waals surface area contributed by atoms with E-state index in [1.165, 1.54) is 10.4 Å². The predicted octanol–water partition coefficient (Wildman–Crippen LogP) is 11.3. The molecule has 0 saturated heterocycles. The summed E-state index contributed by atoms with van der Waals surface area (Å²) in [6.07, 6.45) is 3.48. The molecule has 3 atom stereocenters. The normalized spacial score (nSPS) is 16.0. The van der Waals surface area contributed by atoms with E-state index in [4.69, 9.17) is 18.0 Å². The van der Waals surface area contributed by atoms with Gasteiger partial charge in [-0.3, -0.25) is 4.79 Å². The number of hydrogen-bond donors (Lipinski definition) is 0. The number of allylic oxidation sites excluding steroid dienone is 1. The van der Waals surface area contributed by atoms with Gasteiger partial charge in [-0.2, -0.15) is 0 Å². The third-order valence-corrected chi connectivity index (χ3v) is 26.3. The molecule has 0 unspecified atom stereocenters. The van der Waals surface area contributed by atoms with Crippen molar-refractivity contribution >= 4 is 41.1 Å². The van der Waals surface area contributed by atoms with E-state index in [1.807, 2.05) is 6.92 Å². The van der Waals surface area contributed by atoms with Crippen LogP contribution in [0.1, 0.15) is 109 Å². The Morgan fingerprint density at radius 1 is 0.717 bits per heavy atom. The Balaban J connectivity index is 2.47. The third kappa shape index (κ3) is 12.4. The maximum atomic E-state index is 13.8. The number of rotatable bonds is 19. The smallest absolute Gasteiger partial charge is 0.261 e. The standard InChI is InChI=1S/C45H78O5Si3/c1-19-36(33-48-51(15,16)42(3,4)5)30-35(2)40(46)31-37(47-14)32-41(50-52(17,18)43(6,7)8)45(12,13)34-49-53(44(9,10)11,38-26-22-20-23-27-38)39-28-24-21-25-29-39/h20-30,36-37,41H,19,31-34H2,1-18H3/b35-30-/t36-,37-,41+/m1/s1. The van der Waals surface area contributed by atoms with Gasteiger partial charge in [0.05, 0.1) is 12.2 Å². The van der Waals surface area contributed by atoms with Crippen LogP contribution in [0.2, 0.25) is 41.3 Å². The van der Waals surface area contributed by atoms with Crippen molar-refractivity contribution in [3.8, 4) is 0 Å². The summed E-state index contributed by atoms with van der Waals surface area (Å²) in [5, 5.41) is 2.55. The van der Waals surface area contributed by atoms with Gasteiger partial charge in [0.25, 0.3) is 8.32 Å². The van der Waals surface area contributed by atoms with Crippen LogP contribution in [0.5, 0.6) is 0 Å². The largest absolute Gasteiger partial charge is 0.416 e. The Morgan fingerprint density at radius 3 is 1.58 bits per heavy atom. The first-order valence-corrected chi connectivity index (χ1v) is 27.7. The van der Waals surface area contributed by atoms with Gasteiger partial charge in [-0.05, 0) is 82.9 Å². The lowest BCUT2D eigenvalue weighted by molar-refractivity contribution is -0.118. The third-order valence-electron chi connectivity index (χ3n) is 12.3. The molecular formula is C45H78O5Si3. The predicted molar refractivity (Wildman–Crippen MR) is 235 cm³/mol. The Hall–Kier alpha value is -1.66. The van der Waals surface area contributed by atoms with Crippen molar-refractivity contribution in [2.75, 3.05) is 20.3 Å². The average molecular weight is 783 g/mol. The second-order valence-electron chi connectivity index (χ2n) is 20.1. The van der Waals surface area contributed by atoms with Gasteiger partial charge in [-0.1, -0.05) is 150 Å². The molecule has 0 aliphatic heterocycles. The van der Waals surface area contributed by atoms with Crippen LogP contribution >= 0.6 is 0 Å². The lowest BCUT2D eigenvalue weighted by Gasteiger charge is -2.48. The molecule has 0 amide bonds. The highest BCUT2D eigenvalue weighted by Gasteiger charge is 2.52. The first-order chi connectivity index (χ1) is 24.1. The fourth-order valence-corrected chi connectivity index (χ4v) is 13.6. The van der Waals surface area contributed by atoms with Gasteiger partial charge in [-0.15, -0.1) is 0 Å². The van der Waals surface area contributed by atoms with Crippen LogP contribution in [0, 0.1) is 11.3 Å².